The molecule has 0 saturated heterocycles. The molecule has 1 rings (SSSR count). The molecule has 0 saturated carbocycles. The number of para-hydroxylation sites is 1. The summed E-state index contributed by atoms with van der Waals surface area (Å²) in [6.45, 7) is 4.08. The zero-order valence-corrected chi connectivity index (χ0v) is 8.73. The van der Waals surface area contributed by atoms with E-state index in [9.17, 15) is 0 Å². The summed E-state index contributed by atoms with van der Waals surface area (Å²) in [6.07, 6.45) is 0. The molecule has 1 aromatic rings. The Hall–Kier alpha value is -0.470. The lowest BCUT2D eigenvalue weighted by atomic mass is 10.3. The predicted molar refractivity (Wildman–Crippen MR) is 55.0 cm³/mol. The molecule has 1 nitrogen and oxygen atoms in total. The summed E-state index contributed by atoms with van der Waals surface area (Å²) in [5, 5.41) is 0.617. The molecule has 12 heavy (non-hydrogen) atoms. The van der Waals surface area contributed by atoms with Crippen LogP contribution in [0.1, 0.15) is 0 Å². The van der Waals surface area contributed by atoms with Crippen LogP contribution >= 0.6 is 27.5 Å². The third-order valence-electron chi connectivity index (χ3n) is 1.22. The number of halogens is 2. The van der Waals surface area contributed by atoms with Crippen molar-refractivity contribution in [3.05, 3.63) is 40.3 Å². The first-order valence-corrected chi connectivity index (χ1v) is 4.58. The molecule has 0 atom stereocenters. The Labute approximate surface area is 85.1 Å². The van der Waals surface area contributed by atoms with Crippen LogP contribution < -0.4 is 4.74 Å². The van der Waals surface area contributed by atoms with Gasteiger partial charge in [-0.2, -0.15) is 0 Å². The topological polar surface area (TPSA) is 9.23 Å². The van der Waals surface area contributed by atoms with Gasteiger partial charge in [0.15, 0.2) is 0 Å². The summed E-state index contributed by atoms with van der Waals surface area (Å²) in [4.78, 5) is 0. The van der Waals surface area contributed by atoms with E-state index in [0.29, 0.717) is 17.4 Å². The van der Waals surface area contributed by atoms with Crippen molar-refractivity contribution < 1.29 is 4.74 Å². The third kappa shape index (κ3) is 2.88. The van der Waals surface area contributed by atoms with Crippen LogP contribution in [0.15, 0.2) is 35.3 Å². The second-order valence-electron chi connectivity index (χ2n) is 2.24. The maximum absolute atomic E-state index is 5.84. The lowest BCUT2D eigenvalue weighted by Gasteiger charge is -2.05. The van der Waals surface area contributed by atoms with Gasteiger partial charge < -0.3 is 4.74 Å². The summed E-state index contributed by atoms with van der Waals surface area (Å²) in [7, 11) is 0. The first-order valence-electron chi connectivity index (χ1n) is 3.41. The number of benzene rings is 1. The van der Waals surface area contributed by atoms with Crippen LogP contribution in [0, 0.1) is 0 Å². The fraction of sp³-hybridized carbons (Fsp3) is 0.111. The monoisotopic (exact) mass is 246 g/mol. The van der Waals surface area contributed by atoms with E-state index in [4.69, 9.17) is 16.3 Å². The average Bonchev–Trinajstić information content (AvgIpc) is 2.03. The van der Waals surface area contributed by atoms with Crippen LogP contribution in [0.2, 0.25) is 5.02 Å². The van der Waals surface area contributed by atoms with Crippen molar-refractivity contribution in [3.8, 4) is 5.75 Å². The summed E-state index contributed by atoms with van der Waals surface area (Å²) in [5.41, 5.74) is 0. The van der Waals surface area contributed by atoms with Gasteiger partial charge in [0.1, 0.15) is 12.4 Å². The van der Waals surface area contributed by atoms with Gasteiger partial charge in [-0.1, -0.05) is 46.2 Å². The Balaban J connectivity index is 2.63. The smallest absolute Gasteiger partial charge is 0.138 e. The van der Waals surface area contributed by atoms with Crippen LogP contribution in [-0.2, 0) is 0 Å². The lowest BCUT2D eigenvalue weighted by Crippen LogP contribution is -1.95. The first-order chi connectivity index (χ1) is 5.70. The molecule has 0 unspecified atom stereocenters. The minimum atomic E-state index is 0.434. The second kappa shape index (κ2) is 4.53. The van der Waals surface area contributed by atoms with Crippen molar-refractivity contribution in [2.45, 2.75) is 0 Å². The second-order valence-corrected chi connectivity index (χ2v) is 3.77. The zero-order valence-electron chi connectivity index (χ0n) is 6.39. The van der Waals surface area contributed by atoms with Gasteiger partial charge in [-0.15, -0.1) is 0 Å². The summed E-state index contributed by atoms with van der Waals surface area (Å²) < 4.78 is 6.11. The van der Waals surface area contributed by atoms with E-state index in [1.54, 1.807) is 6.07 Å². The minimum Gasteiger partial charge on any atom is -0.487 e. The highest BCUT2D eigenvalue weighted by atomic mass is 79.9. The van der Waals surface area contributed by atoms with Gasteiger partial charge in [0.25, 0.3) is 0 Å². The van der Waals surface area contributed by atoms with Gasteiger partial charge in [0.05, 0.1) is 5.02 Å². The SMILES string of the molecule is C=C(Br)COc1ccccc1Cl. The predicted octanol–water partition coefficient (Wildman–Crippen LogP) is 3.63. The maximum Gasteiger partial charge on any atom is 0.138 e. The summed E-state index contributed by atoms with van der Waals surface area (Å²) in [5.74, 6) is 0.680. The van der Waals surface area contributed by atoms with E-state index in [-0.39, 0.29) is 0 Å². The molecule has 0 radical (unpaired) electrons. The van der Waals surface area contributed by atoms with Crippen molar-refractivity contribution in [3.63, 3.8) is 0 Å². The molecule has 0 aliphatic rings. The van der Waals surface area contributed by atoms with E-state index in [1.807, 2.05) is 18.2 Å². The van der Waals surface area contributed by atoms with Crippen LogP contribution in [-0.4, -0.2) is 6.61 Å². The van der Waals surface area contributed by atoms with Crippen LogP contribution in [0.25, 0.3) is 0 Å². The molecule has 0 aliphatic heterocycles. The Kier molecular flexibility index (Phi) is 3.63. The number of ether oxygens (including phenoxy) is 1. The van der Waals surface area contributed by atoms with E-state index < -0.39 is 0 Å². The molecule has 64 valence electrons. The Morgan fingerprint density at radius 2 is 2.17 bits per heavy atom. The Morgan fingerprint density at radius 1 is 1.50 bits per heavy atom. The fourth-order valence-electron chi connectivity index (χ4n) is 0.718. The standard InChI is InChI=1S/C9H8BrClO/c1-7(10)6-12-9-5-3-2-4-8(9)11/h2-5H,1,6H2. The number of hydrogen-bond donors (Lipinski definition) is 0. The fourth-order valence-corrected chi connectivity index (χ4v) is 1.02. The highest BCUT2D eigenvalue weighted by Gasteiger charge is 1.98. The molecule has 0 fully saturated rings. The molecule has 0 spiro atoms. The average molecular weight is 248 g/mol. The normalized spacial score (nSPS) is 9.50. The van der Waals surface area contributed by atoms with E-state index in [1.165, 1.54) is 0 Å². The van der Waals surface area contributed by atoms with E-state index in [0.717, 1.165) is 4.48 Å². The molecule has 0 heterocycles. The maximum atomic E-state index is 5.84. The van der Waals surface area contributed by atoms with Crippen LogP contribution in [0.4, 0.5) is 0 Å². The minimum absolute atomic E-state index is 0.434. The summed E-state index contributed by atoms with van der Waals surface area (Å²) in [6, 6.07) is 7.34. The van der Waals surface area contributed by atoms with Gasteiger partial charge in [0, 0.05) is 4.48 Å². The Morgan fingerprint density at radius 3 is 2.75 bits per heavy atom. The zero-order chi connectivity index (χ0) is 8.97. The van der Waals surface area contributed by atoms with Crippen molar-refractivity contribution in [2.24, 2.45) is 0 Å². The highest BCUT2D eigenvalue weighted by Crippen LogP contribution is 2.23. The lowest BCUT2D eigenvalue weighted by molar-refractivity contribution is 0.361. The molecule has 0 aromatic heterocycles. The quantitative estimate of drug-likeness (QED) is 0.792. The molecule has 0 amide bonds. The molecule has 0 N–H and O–H groups in total. The molecule has 3 heteroatoms. The van der Waals surface area contributed by atoms with Crippen molar-refractivity contribution in [1.29, 1.82) is 0 Å². The van der Waals surface area contributed by atoms with Gasteiger partial charge in [0.2, 0.25) is 0 Å². The van der Waals surface area contributed by atoms with Gasteiger partial charge in [-0.05, 0) is 12.1 Å². The van der Waals surface area contributed by atoms with Gasteiger partial charge in [-0.3, -0.25) is 0 Å². The van der Waals surface area contributed by atoms with Gasteiger partial charge in [-0.25, -0.2) is 0 Å². The van der Waals surface area contributed by atoms with Crippen molar-refractivity contribution >= 4 is 27.5 Å². The third-order valence-corrected chi connectivity index (χ3v) is 1.76. The largest absolute Gasteiger partial charge is 0.487 e. The van der Waals surface area contributed by atoms with Crippen molar-refractivity contribution in [1.82, 2.24) is 0 Å². The number of hydrogen-bond acceptors (Lipinski definition) is 1. The number of rotatable bonds is 3. The molecular weight excluding hydrogens is 239 g/mol. The molecule has 0 aliphatic carbocycles. The summed E-state index contributed by atoms with van der Waals surface area (Å²) >= 11 is 9.03. The molecular formula is C9H8BrClO. The molecule has 1 aromatic carbocycles. The van der Waals surface area contributed by atoms with Crippen molar-refractivity contribution in [2.75, 3.05) is 6.61 Å². The van der Waals surface area contributed by atoms with E-state index in [2.05, 4.69) is 22.5 Å². The Bertz CT molecular complexity index is 286. The highest BCUT2D eigenvalue weighted by molar-refractivity contribution is 9.11. The van der Waals surface area contributed by atoms with Gasteiger partial charge >= 0.3 is 0 Å². The van der Waals surface area contributed by atoms with E-state index >= 15 is 0 Å². The first kappa shape index (κ1) is 9.62. The molecule has 0 bridgehead atoms. The van der Waals surface area contributed by atoms with Crippen LogP contribution in [0.3, 0.4) is 0 Å². The van der Waals surface area contributed by atoms with Crippen LogP contribution in [0.5, 0.6) is 5.75 Å².